The molecule has 1 fully saturated rings. The van der Waals surface area contributed by atoms with Gasteiger partial charge in [0.25, 0.3) is 11.8 Å². The summed E-state index contributed by atoms with van der Waals surface area (Å²) < 4.78 is 0. The normalized spacial score (nSPS) is 16.1. The van der Waals surface area contributed by atoms with E-state index in [0.29, 0.717) is 15.7 Å². The second-order valence-electron chi connectivity index (χ2n) is 4.82. The molecule has 2 N–H and O–H groups in total. The molecule has 0 aliphatic carbocycles. The van der Waals surface area contributed by atoms with Gasteiger partial charge in [-0.3, -0.25) is 15.0 Å². The molecule has 23 heavy (non-hydrogen) atoms. The zero-order valence-corrected chi connectivity index (χ0v) is 13.1. The predicted molar refractivity (Wildman–Crippen MR) is 88.2 cm³/mol. The van der Waals surface area contributed by atoms with E-state index < -0.39 is 11.8 Å². The summed E-state index contributed by atoms with van der Waals surface area (Å²) in [5.74, 6) is -1.17. The Labute approximate surface area is 141 Å². The summed E-state index contributed by atoms with van der Waals surface area (Å²) in [5, 5.41) is 11.8. The molecule has 1 aliphatic rings. The summed E-state index contributed by atoms with van der Waals surface area (Å²) in [5.41, 5.74) is 3.13. The molecule has 0 aromatic heterocycles. The van der Waals surface area contributed by atoms with Crippen molar-refractivity contribution in [3.05, 3.63) is 63.6 Å². The highest BCUT2D eigenvalue weighted by atomic mass is 35.5. The number of halogens is 2. The fraction of sp³-hybridized carbons (Fsp3) is 0. The molecule has 0 spiro atoms. The Hall–Kier alpha value is -2.50. The van der Waals surface area contributed by atoms with E-state index in [9.17, 15) is 14.7 Å². The van der Waals surface area contributed by atoms with Crippen LogP contribution in [0, 0.1) is 0 Å². The van der Waals surface area contributed by atoms with Crippen LogP contribution in [0.15, 0.2) is 48.0 Å². The molecule has 7 heteroatoms. The van der Waals surface area contributed by atoms with Crippen LogP contribution in [0.5, 0.6) is 5.75 Å². The van der Waals surface area contributed by atoms with Gasteiger partial charge in [0, 0.05) is 15.6 Å². The quantitative estimate of drug-likeness (QED) is 0.646. The predicted octanol–water partition coefficient (Wildman–Crippen LogP) is 3.16. The summed E-state index contributed by atoms with van der Waals surface area (Å²) in [6.45, 7) is 0. The molecule has 0 atom stereocenters. The summed E-state index contributed by atoms with van der Waals surface area (Å²) in [7, 11) is 0. The Kier molecular flexibility index (Phi) is 3.98. The number of hydrazine groups is 1. The van der Waals surface area contributed by atoms with Crippen LogP contribution in [0.3, 0.4) is 0 Å². The third-order valence-corrected chi connectivity index (χ3v) is 3.75. The lowest BCUT2D eigenvalue weighted by Gasteiger charge is -2.14. The van der Waals surface area contributed by atoms with Gasteiger partial charge in [0.2, 0.25) is 0 Å². The van der Waals surface area contributed by atoms with E-state index in [4.69, 9.17) is 23.2 Å². The first-order valence-electron chi connectivity index (χ1n) is 6.57. The lowest BCUT2D eigenvalue weighted by molar-refractivity contribution is -0.117. The number of hydrogen-bond acceptors (Lipinski definition) is 3. The monoisotopic (exact) mass is 348 g/mol. The molecule has 1 saturated heterocycles. The molecule has 5 nitrogen and oxygen atoms in total. The molecule has 1 heterocycles. The number of rotatable bonds is 2. The van der Waals surface area contributed by atoms with Crippen molar-refractivity contribution in [2.24, 2.45) is 0 Å². The molecule has 0 unspecified atom stereocenters. The van der Waals surface area contributed by atoms with Gasteiger partial charge in [-0.05, 0) is 48.5 Å². The molecule has 0 saturated carbocycles. The van der Waals surface area contributed by atoms with Gasteiger partial charge in [0.05, 0.1) is 5.69 Å². The average Bonchev–Trinajstić information content (AvgIpc) is 2.80. The first-order chi connectivity index (χ1) is 11.0. The Balaban J connectivity index is 1.97. The topological polar surface area (TPSA) is 69.6 Å². The van der Waals surface area contributed by atoms with Crippen LogP contribution in [0.4, 0.5) is 5.69 Å². The highest BCUT2D eigenvalue weighted by molar-refractivity contribution is 6.33. The Morgan fingerprint density at radius 2 is 1.65 bits per heavy atom. The maximum Gasteiger partial charge on any atom is 0.282 e. The third-order valence-electron chi connectivity index (χ3n) is 3.27. The first kappa shape index (κ1) is 15.4. The molecule has 0 bridgehead atoms. The lowest BCUT2D eigenvalue weighted by Crippen LogP contribution is -2.35. The minimum atomic E-state index is -0.565. The highest BCUT2D eigenvalue weighted by Crippen LogP contribution is 2.27. The van der Waals surface area contributed by atoms with Crippen molar-refractivity contribution in [1.82, 2.24) is 5.43 Å². The van der Waals surface area contributed by atoms with Crippen molar-refractivity contribution in [1.29, 1.82) is 0 Å². The highest BCUT2D eigenvalue weighted by Gasteiger charge is 2.34. The molecule has 0 radical (unpaired) electrons. The number of carbonyl (C=O) groups is 2. The van der Waals surface area contributed by atoms with Gasteiger partial charge in [-0.15, -0.1) is 0 Å². The smallest absolute Gasteiger partial charge is 0.282 e. The van der Waals surface area contributed by atoms with Crippen LogP contribution in [-0.4, -0.2) is 16.9 Å². The number of nitrogens with one attached hydrogen (secondary N) is 1. The molecule has 2 aromatic carbocycles. The van der Waals surface area contributed by atoms with E-state index in [1.54, 1.807) is 24.3 Å². The van der Waals surface area contributed by atoms with Crippen LogP contribution < -0.4 is 10.4 Å². The van der Waals surface area contributed by atoms with Crippen LogP contribution in [0.25, 0.3) is 6.08 Å². The van der Waals surface area contributed by atoms with E-state index in [1.165, 1.54) is 24.3 Å². The first-order valence-corrected chi connectivity index (χ1v) is 7.32. The van der Waals surface area contributed by atoms with E-state index in [-0.39, 0.29) is 16.9 Å². The van der Waals surface area contributed by atoms with Gasteiger partial charge in [-0.1, -0.05) is 23.2 Å². The van der Waals surface area contributed by atoms with Crippen molar-refractivity contribution in [2.75, 3.05) is 5.01 Å². The number of carbonyl (C=O) groups excluding carboxylic acids is 2. The molecule has 116 valence electrons. The second-order valence-corrected chi connectivity index (χ2v) is 5.69. The average molecular weight is 349 g/mol. The summed E-state index contributed by atoms with van der Waals surface area (Å²) in [6, 6.07) is 10.8. The number of anilines is 1. The van der Waals surface area contributed by atoms with Gasteiger partial charge >= 0.3 is 0 Å². The zero-order valence-electron chi connectivity index (χ0n) is 11.6. The van der Waals surface area contributed by atoms with E-state index in [1.807, 2.05) is 0 Å². The summed E-state index contributed by atoms with van der Waals surface area (Å²) >= 11 is 11.7. The SMILES string of the molecule is O=C1NN(c2ccc(Cl)cc2)C(=O)/C1=C\c1cc(Cl)ccc1O. The van der Waals surface area contributed by atoms with Crippen molar-refractivity contribution in [2.45, 2.75) is 0 Å². The largest absolute Gasteiger partial charge is 0.507 e. The number of aromatic hydroxyl groups is 1. The maximum atomic E-state index is 12.4. The van der Waals surface area contributed by atoms with Crippen LogP contribution in [-0.2, 0) is 9.59 Å². The molecule has 2 amide bonds. The number of amides is 2. The Bertz CT molecular complexity index is 832. The van der Waals surface area contributed by atoms with Gasteiger partial charge in [-0.25, -0.2) is 5.01 Å². The van der Waals surface area contributed by atoms with Crippen LogP contribution in [0.2, 0.25) is 10.0 Å². The molecular weight excluding hydrogens is 339 g/mol. The number of phenolic OH excluding ortho intramolecular Hbond substituents is 1. The van der Waals surface area contributed by atoms with Crippen LogP contribution >= 0.6 is 23.2 Å². The number of benzene rings is 2. The molecular formula is C16H10Cl2N2O3. The minimum Gasteiger partial charge on any atom is -0.507 e. The van der Waals surface area contributed by atoms with E-state index in [0.717, 1.165) is 5.01 Å². The van der Waals surface area contributed by atoms with Gasteiger partial charge in [0.1, 0.15) is 11.3 Å². The van der Waals surface area contributed by atoms with Crippen LogP contribution in [0.1, 0.15) is 5.56 Å². The zero-order chi connectivity index (χ0) is 16.6. The van der Waals surface area contributed by atoms with Crippen molar-refractivity contribution < 1.29 is 14.7 Å². The van der Waals surface area contributed by atoms with E-state index >= 15 is 0 Å². The second kappa shape index (κ2) is 5.95. The summed E-state index contributed by atoms with van der Waals surface area (Å²) in [6.07, 6.45) is 1.30. The fourth-order valence-corrected chi connectivity index (χ4v) is 2.43. The number of nitrogens with zero attached hydrogens (tertiary/aromatic N) is 1. The molecule has 1 aliphatic heterocycles. The molecule has 3 rings (SSSR count). The number of hydrogen-bond donors (Lipinski definition) is 2. The minimum absolute atomic E-state index is 0.0764. The molecule has 2 aromatic rings. The van der Waals surface area contributed by atoms with Gasteiger partial charge < -0.3 is 5.11 Å². The lowest BCUT2D eigenvalue weighted by atomic mass is 10.1. The van der Waals surface area contributed by atoms with Crippen molar-refractivity contribution in [3.63, 3.8) is 0 Å². The maximum absolute atomic E-state index is 12.4. The van der Waals surface area contributed by atoms with E-state index in [2.05, 4.69) is 5.43 Å². The third kappa shape index (κ3) is 3.02. The Morgan fingerprint density at radius 3 is 2.35 bits per heavy atom. The Morgan fingerprint density at radius 1 is 1.00 bits per heavy atom. The fourth-order valence-electron chi connectivity index (χ4n) is 2.13. The standard InChI is InChI=1S/C16H10Cl2N2O3/c17-10-1-4-12(5-2-10)20-16(23)13(15(22)19-20)8-9-7-11(18)3-6-14(9)21/h1-8,21H,(H,19,22)/b13-8-. The van der Waals surface area contributed by atoms with Crippen molar-refractivity contribution in [3.8, 4) is 5.75 Å². The van der Waals surface area contributed by atoms with Gasteiger partial charge in [-0.2, -0.15) is 0 Å². The van der Waals surface area contributed by atoms with Crippen molar-refractivity contribution >= 4 is 46.8 Å². The number of phenols is 1. The summed E-state index contributed by atoms with van der Waals surface area (Å²) in [4.78, 5) is 24.5. The van der Waals surface area contributed by atoms with Gasteiger partial charge in [0.15, 0.2) is 0 Å².